The summed E-state index contributed by atoms with van der Waals surface area (Å²) in [4.78, 5) is 4.52. The number of benzene rings is 1. The molecular weight excluding hydrogens is 433 g/mol. The van der Waals surface area contributed by atoms with Crippen LogP contribution < -0.4 is 15.4 Å². The van der Waals surface area contributed by atoms with E-state index in [-0.39, 0.29) is 29.7 Å². The van der Waals surface area contributed by atoms with Gasteiger partial charge in [0.1, 0.15) is 17.3 Å². The van der Waals surface area contributed by atoms with E-state index in [0.717, 1.165) is 30.2 Å². The van der Waals surface area contributed by atoms with Crippen molar-refractivity contribution in [3.05, 3.63) is 47.9 Å². The molecular formula is C18H26IN3O3. The number of ether oxygens (including phenoxy) is 1. The lowest BCUT2D eigenvalue weighted by atomic mass is 10.1. The number of phenols is 1. The maximum atomic E-state index is 9.97. The number of phenolic OH excluding ortho intramolecular Hbond substituents is 1. The first-order valence-electron chi connectivity index (χ1n) is 8.13. The fourth-order valence-electron chi connectivity index (χ4n) is 2.27. The Bertz CT molecular complexity index is 645. The summed E-state index contributed by atoms with van der Waals surface area (Å²) < 4.78 is 10.4. The lowest BCUT2D eigenvalue weighted by molar-refractivity contribution is 0.406. The van der Waals surface area contributed by atoms with Crippen LogP contribution in [0, 0.1) is 0 Å². The molecule has 25 heavy (non-hydrogen) atoms. The first kappa shape index (κ1) is 21.1. The number of furan rings is 1. The summed E-state index contributed by atoms with van der Waals surface area (Å²) >= 11 is 0. The van der Waals surface area contributed by atoms with Gasteiger partial charge >= 0.3 is 0 Å². The van der Waals surface area contributed by atoms with E-state index >= 15 is 0 Å². The van der Waals surface area contributed by atoms with Gasteiger partial charge in [-0.25, -0.2) is 0 Å². The van der Waals surface area contributed by atoms with Crippen LogP contribution in [0.5, 0.6) is 11.5 Å². The molecule has 0 aliphatic rings. The molecule has 1 aromatic carbocycles. The van der Waals surface area contributed by atoms with Crippen LogP contribution in [-0.2, 0) is 12.8 Å². The Balaban J connectivity index is 0.00000312. The lowest BCUT2D eigenvalue weighted by Gasteiger charge is -2.12. The largest absolute Gasteiger partial charge is 0.508 e. The fraction of sp³-hybridized carbons (Fsp3) is 0.389. The molecule has 7 heteroatoms. The maximum Gasteiger partial charge on any atom is 0.191 e. The first-order chi connectivity index (χ1) is 11.7. The molecule has 0 radical (unpaired) electrons. The van der Waals surface area contributed by atoms with Crippen LogP contribution >= 0.6 is 24.0 Å². The number of halogens is 1. The van der Waals surface area contributed by atoms with Gasteiger partial charge in [-0.2, -0.15) is 0 Å². The average Bonchev–Trinajstić information content (AvgIpc) is 3.09. The molecule has 6 nitrogen and oxygen atoms in total. The average molecular weight is 459 g/mol. The molecule has 1 aromatic heterocycles. The summed E-state index contributed by atoms with van der Waals surface area (Å²) in [5.74, 6) is 2.59. The predicted octanol–water partition coefficient (Wildman–Crippen LogP) is 2.95. The molecule has 138 valence electrons. The number of methoxy groups -OCH3 is 1. The Morgan fingerprint density at radius 3 is 2.72 bits per heavy atom. The van der Waals surface area contributed by atoms with E-state index in [4.69, 9.17) is 9.15 Å². The zero-order valence-electron chi connectivity index (χ0n) is 14.6. The smallest absolute Gasteiger partial charge is 0.191 e. The SMILES string of the molecule is CCNC(=NCCc1ccco1)NCCc1ccc(OC)cc1O.I. The molecule has 0 amide bonds. The lowest BCUT2D eigenvalue weighted by Crippen LogP contribution is -2.38. The molecule has 0 bridgehead atoms. The van der Waals surface area contributed by atoms with Gasteiger partial charge in [-0.3, -0.25) is 4.99 Å². The number of hydrogen-bond acceptors (Lipinski definition) is 4. The molecule has 0 unspecified atom stereocenters. The van der Waals surface area contributed by atoms with Gasteiger partial charge in [0.2, 0.25) is 0 Å². The minimum absolute atomic E-state index is 0. The quantitative estimate of drug-likeness (QED) is 0.322. The molecule has 0 fully saturated rings. The number of nitrogens with one attached hydrogen (secondary N) is 2. The van der Waals surface area contributed by atoms with E-state index in [9.17, 15) is 5.11 Å². The third-order valence-electron chi connectivity index (χ3n) is 3.53. The van der Waals surface area contributed by atoms with E-state index in [2.05, 4.69) is 15.6 Å². The second kappa shape index (κ2) is 11.6. The summed E-state index contributed by atoms with van der Waals surface area (Å²) in [7, 11) is 1.58. The molecule has 0 aliphatic carbocycles. The van der Waals surface area contributed by atoms with Crippen molar-refractivity contribution in [3.63, 3.8) is 0 Å². The zero-order valence-corrected chi connectivity index (χ0v) is 16.9. The molecule has 0 atom stereocenters. The van der Waals surface area contributed by atoms with Gasteiger partial charge < -0.3 is 24.9 Å². The van der Waals surface area contributed by atoms with Gasteiger partial charge in [-0.1, -0.05) is 6.07 Å². The fourth-order valence-corrected chi connectivity index (χ4v) is 2.27. The summed E-state index contributed by atoms with van der Waals surface area (Å²) in [6.45, 7) is 4.14. The summed E-state index contributed by atoms with van der Waals surface area (Å²) in [6.07, 6.45) is 3.13. The molecule has 2 rings (SSSR count). The summed E-state index contributed by atoms with van der Waals surface area (Å²) in [5, 5.41) is 16.5. The summed E-state index contributed by atoms with van der Waals surface area (Å²) in [5.41, 5.74) is 0.870. The van der Waals surface area contributed by atoms with Gasteiger partial charge in [0.15, 0.2) is 5.96 Å². The van der Waals surface area contributed by atoms with Gasteiger partial charge in [-0.05, 0) is 37.1 Å². The molecule has 3 N–H and O–H groups in total. The van der Waals surface area contributed by atoms with Crippen LogP contribution in [0.15, 0.2) is 46.0 Å². The maximum absolute atomic E-state index is 9.97. The van der Waals surface area contributed by atoms with Crippen molar-refractivity contribution in [1.82, 2.24) is 10.6 Å². The number of aliphatic imine (C=N–C) groups is 1. The Morgan fingerprint density at radius 2 is 2.08 bits per heavy atom. The molecule has 2 aromatic rings. The van der Waals surface area contributed by atoms with Gasteiger partial charge in [0.25, 0.3) is 0 Å². The Morgan fingerprint density at radius 1 is 1.24 bits per heavy atom. The first-order valence-corrected chi connectivity index (χ1v) is 8.13. The van der Waals surface area contributed by atoms with Crippen molar-refractivity contribution in [3.8, 4) is 11.5 Å². The topological polar surface area (TPSA) is 79.0 Å². The highest BCUT2D eigenvalue weighted by Crippen LogP contribution is 2.23. The highest BCUT2D eigenvalue weighted by atomic mass is 127. The molecule has 1 heterocycles. The van der Waals surface area contributed by atoms with E-state index in [1.165, 1.54) is 0 Å². The van der Waals surface area contributed by atoms with E-state index in [1.54, 1.807) is 19.4 Å². The third-order valence-corrected chi connectivity index (χ3v) is 3.53. The monoisotopic (exact) mass is 459 g/mol. The Kier molecular flexibility index (Phi) is 9.83. The van der Waals surface area contributed by atoms with Crippen molar-refractivity contribution < 1.29 is 14.3 Å². The molecule has 0 aliphatic heterocycles. The standard InChI is InChI=1S/C18H25N3O3.HI/c1-3-19-18(21-11-9-15-5-4-12-24-15)20-10-8-14-6-7-16(23-2)13-17(14)22;/h4-7,12-13,22H,3,8-11H2,1-2H3,(H2,19,20,21);1H. The van der Waals surface area contributed by atoms with Crippen molar-refractivity contribution in [2.75, 3.05) is 26.7 Å². The molecule has 0 spiro atoms. The highest BCUT2D eigenvalue weighted by molar-refractivity contribution is 14.0. The normalized spacial score (nSPS) is 10.9. The number of nitrogens with zero attached hydrogens (tertiary/aromatic N) is 1. The molecule has 0 saturated carbocycles. The minimum Gasteiger partial charge on any atom is -0.508 e. The van der Waals surface area contributed by atoms with Crippen LogP contribution in [0.1, 0.15) is 18.2 Å². The number of rotatable bonds is 8. The Labute approximate surface area is 165 Å². The predicted molar refractivity (Wildman–Crippen MR) is 110 cm³/mol. The van der Waals surface area contributed by atoms with Crippen molar-refractivity contribution in [2.24, 2.45) is 4.99 Å². The van der Waals surface area contributed by atoms with Gasteiger partial charge in [-0.15, -0.1) is 24.0 Å². The van der Waals surface area contributed by atoms with Crippen LogP contribution in [0.3, 0.4) is 0 Å². The van der Waals surface area contributed by atoms with Gasteiger partial charge in [0.05, 0.1) is 13.4 Å². The molecule has 0 saturated heterocycles. The van der Waals surface area contributed by atoms with Crippen LogP contribution in [0.4, 0.5) is 0 Å². The van der Waals surface area contributed by atoms with E-state index in [0.29, 0.717) is 25.3 Å². The van der Waals surface area contributed by atoms with Crippen molar-refractivity contribution in [2.45, 2.75) is 19.8 Å². The van der Waals surface area contributed by atoms with Crippen molar-refractivity contribution >= 4 is 29.9 Å². The second-order valence-corrected chi connectivity index (χ2v) is 5.26. The third kappa shape index (κ3) is 7.25. The highest BCUT2D eigenvalue weighted by Gasteiger charge is 2.04. The van der Waals surface area contributed by atoms with Crippen LogP contribution in [-0.4, -0.2) is 37.8 Å². The van der Waals surface area contributed by atoms with Crippen LogP contribution in [0.2, 0.25) is 0 Å². The number of guanidine groups is 1. The van der Waals surface area contributed by atoms with Gasteiger partial charge in [0, 0.05) is 32.1 Å². The van der Waals surface area contributed by atoms with Crippen molar-refractivity contribution in [1.29, 1.82) is 0 Å². The Hall–Kier alpha value is -1.90. The number of aromatic hydroxyl groups is 1. The number of hydrogen-bond donors (Lipinski definition) is 3. The zero-order chi connectivity index (χ0) is 17.2. The second-order valence-electron chi connectivity index (χ2n) is 5.26. The summed E-state index contributed by atoms with van der Waals surface area (Å²) in [6, 6.07) is 9.17. The van der Waals surface area contributed by atoms with E-state index < -0.39 is 0 Å². The minimum atomic E-state index is 0. The van der Waals surface area contributed by atoms with Crippen LogP contribution in [0.25, 0.3) is 0 Å². The van der Waals surface area contributed by atoms with E-state index in [1.807, 2.05) is 31.2 Å².